The second kappa shape index (κ2) is 12.0. The Morgan fingerprint density at radius 1 is 1.12 bits per heavy atom. The minimum absolute atomic E-state index is 0.158. The van der Waals surface area contributed by atoms with Gasteiger partial charge in [-0.15, -0.1) is 11.3 Å². The van der Waals surface area contributed by atoms with Gasteiger partial charge in [-0.25, -0.2) is 4.39 Å². The van der Waals surface area contributed by atoms with E-state index in [1.807, 2.05) is 9.58 Å². The van der Waals surface area contributed by atoms with Crippen molar-refractivity contribution in [1.29, 1.82) is 10.5 Å². The summed E-state index contributed by atoms with van der Waals surface area (Å²) in [6.07, 6.45) is 3.91. The normalized spacial score (nSPS) is 24.2. The van der Waals surface area contributed by atoms with Crippen molar-refractivity contribution in [3.63, 3.8) is 0 Å². The Bertz CT molecular complexity index is 1940. The summed E-state index contributed by atoms with van der Waals surface area (Å²) in [6.45, 7) is 6.09. The van der Waals surface area contributed by atoms with Crippen LogP contribution in [0, 0.1) is 22.7 Å². The summed E-state index contributed by atoms with van der Waals surface area (Å²) in [6, 6.07) is 4.91. The number of hydrogen-bond acceptors (Lipinski definition) is 13. The Labute approximate surface area is 292 Å². The van der Waals surface area contributed by atoms with Crippen molar-refractivity contribution in [3.8, 4) is 18.1 Å². The molecule has 16 heteroatoms. The average Bonchev–Trinajstić information content (AvgIpc) is 3.82. The van der Waals surface area contributed by atoms with E-state index < -0.39 is 6.17 Å². The van der Waals surface area contributed by atoms with Crippen LogP contribution in [0.2, 0.25) is 5.02 Å². The molecule has 0 unspecified atom stereocenters. The molecule has 3 aromatic rings. The molecule has 2 N–H and O–H groups in total. The molecule has 1 spiro atoms. The third kappa shape index (κ3) is 5.08. The van der Waals surface area contributed by atoms with Gasteiger partial charge in [-0.3, -0.25) is 9.58 Å². The van der Waals surface area contributed by atoms with E-state index in [0.29, 0.717) is 89.9 Å². The third-order valence-corrected chi connectivity index (χ3v) is 12.4. The van der Waals surface area contributed by atoms with Crippen molar-refractivity contribution in [2.24, 2.45) is 5.16 Å². The van der Waals surface area contributed by atoms with Crippen molar-refractivity contribution in [2.75, 3.05) is 62.0 Å². The zero-order valence-corrected chi connectivity index (χ0v) is 29.1. The lowest BCUT2D eigenvalue weighted by Gasteiger charge is -2.49. The van der Waals surface area contributed by atoms with Crippen molar-refractivity contribution in [1.82, 2.24) is 24.6 Å². The molecule has 0 bridgehead atoms. The van der Waals surface area contributed by atoms with E-state index in [1.165, 1.54) is 23.3 Å². The topological polar surface area (TPSA) is 158 Å². The number of ether oxygens (including phenoxy) is 1. The maximum Gasteiger partial charge on any atom is 0.320 e. The third-order valence-electron chi connectivity index (χ3n) is 11.0. The van der Waals surface area contributed by atoms with Crippen LogP contribution in [0.4, 0.5) is 21.0 Å². The molecule has 4 aliphatic heterocycles. The van der Waals surface area contributed by atoms with Crippen LogP contribution in [0.1, 0.15) is 72.0 Å². The van der Waals surface area contributed by atoms with Crippen LogP contribution in [0.5, 0.6) is 6.01 Å². The van der Waals surface area contributed by atoms with Gasteiger partial charge in [0.1, 0.15) is 54.0 Å². The van der Waals surface area contributed by atoms with Crippen LogP contribution in [0.25, 0.3) is 0 Å². The number of anilines is 3. The van der Waals surface area contributed by atoms with Gasteiger partial charge in [-0.05, 0) is 51.1 Å². The van der Waals surface area contributed by atoms with Crippen molar-refractivity contribution >= 4 is 45.3 Å². The van der Waals surface area contributed by atoms with Crippen LogP contribution in [0.3, 0.4) is 0 Å². The van der Waals surface area contributed by atoms with E-state index in [-0.39, 0.29) is 23.6 Å². The Kier molecular flexibility index (Phi) is 7.85. The van der Waals surface area contributed by atoms with E-state index in [4.69, 9.17) is 42.0 Å². The number of fused-ring (bicyclic) bond motifs is 4. The number of nitriles is 2. The smallest absolute Gasteiger partial charge is 0.320 e. The highest BCUT2D eigenvalue weighted by molar-refractivity contribution is 7.16. The SMILES string of the molecule is CO/N=C(\C)c1nn2c(c1Cl)CN(c1nc(OC[C@@]34CCCN3C[C@H](F)C4)nc(N3CC4(CCc5sc(N)c(C#N)c54)C3)c1C#N)CCC2. The fourth-order valence-electron chi connectivity index (χ4n) is 8.74. The van der Waals surface area contributed by atoms with Gasteiger partial charge in [0, 0.05) is 49.4 Å². The highest BCUT2D eigenvalue weighted by atomic mass is 35.5. The first-order valence-corrected chi connectivity index (χ1v) is 17.9. The van der Waals surface area contributed by atoms with Crippen LogP contribution in [-0.2, 0) is 29.8 Å². The number of oxime groups is 1. The van der Waals surface area contributed by atoms with Crippen LogP contribution >= 0.6 is 22.9 Å². The van der Waals surface area contributed by atoms with E-state index in [0.717, 1.165) is 49.9 Å². The number of nitrogen functional groups attached to an aromatic ring is 1. The molecule has 5 aliphatic rings. The molecule has 0 radical (unpaired) electrons. The van der Waals surface area contributed by atoms with E-state index in [9.17, 15) is 14.9 Å². The second-order valence-corrected chi connectivity index (χ2v) is 15.4. The lowest BCUT2D eigenvalue weighted by Crippen LogP contribution is -2.59. The molecule has 3 saturated heterocycles. The van der Waals surface area contributed by atoms with Crippen LogP contribution in [-0.4, -0.2) is 88.5 Å². The Morgan fingerprint density at radius 2 is 1.90 bits per heavy atom. The first-order chi connectivity index (χ1) is 23.7. The number of aryl methyl sites for hydroxylation is 2. The summed E-state index contributed by atoms with van der Waals surface area (Å²) in [5.74, 6) is 0.949. The quantitative estimate of drug-likeness (QED) is 0.278. The fraction of sp³-hybridized carbons (Fsp3) is 0.576. The van der Waals surface area contributed by atoms with E-state index >= 15 is 0 Å². The van der Waals surface area contributed by atoms with Crippen LogP contribution in [0.15, 0.2) is 5.16 Å². The molecule has 3 aromatic heterocycles. The molecule has 256 valence electrons. The second-order valence-electron chi connectivity index (χ2n) is 13.9. The first-order valence-electron chi connectivity index (χ1n) is 16.7. The number of hydrogen-bond donors (Lipinski definition) is 1. The number of aromatic nitrogens is 4. The lowest BCUT2D eigenvalue weighted by atomic mass is 9.74. The molecule has 1 aliphatic carbocycles. The number of alkyl halides is 1. The van der Waals surface area contributed by atoms with Gasteiger partial charge in [0.15, 0.2) is 11.6 Å². The number of nitrogens with two attached hydrogens (primary N) is 1. The van der Waals surface area contributed by atoms with Gasteiger partial charge >= 0.3 is 6.01 Å². The van der Waals surface area contributed by atoms with Gasteiger partial charge in [-0.2, -0.15) is 25.6 Å². The standard InChI is InChI=1S/C33H37ClFN11O2S/c1-19(42-47-2)27-26(34)23-15-43(8-4-10-46(23)41-27)29-22(13-37)30(40-31(39-29)48-18-33-6-3-9-45(33)14-20(35)11-33)44-16-32(17-44)7-5-24-25(32)21(12-36)28(38)49-24/h20H,3-11,14-18,38H2,1-2H3/b42-19+/t20-,33+/m1/s1. The lowest BCUT2D eigenvalue weighted by molar-refractivity contribution is 0.107. The van der Waals surface area contributed by atoms with Gasteiger partial charge in [-0.1, -0.05) is 16.8 Å². The predicted octanol–water partition coefficient (Wildman–Crippen LogP) is 4.15. The monoisotopic (exact) mass is 705 g/mol. The van der Waals surface area contributed by atoms with Gasteiger partial charge < -0.3 is 25.1 Å². The average molecular weight is 706 g/mol. The van der Waals surface area contributed by atoms with E-state index in [1.54, 1.807) is 6.92 Å². The molecule has 3 fully saturated rings. The zero-order valence-electron chi connectivity index (χ0n) is 27.5. The maximum absolute atomic E-state index is 14.6. The molecule has 0 amide bonds. The summed E-state index contributed by atoms with van der Waals surface area (Å²) in [5, 5.41) is 30.4. The van der Waals surface area contributed by atoms with Gasteiger partial charge in [0.25, 0.3) is 0 Å². The minimum atomic E-state index is -0.885. The molecular formula is C33H37ClFN11O2S. The molecule has 7 heterocycles. The first kappa shape index (κ1) is 32.0. The molecule has 8 rings (SSSR count). The summed E-state index contributed by atoms with van der Waals surface area (Å²) >= 11 is 8.40. The summed E-state index contributed by atoms with van der Waals surface area (Å²) < 4.78 is 22.9. The molecule has 13 nitrogen and oxygen atoms in total. The number of rotatable bonds is 7. The zero-order chi connectivity index (χ0) is 34.1. The number of nitrogens with zero attached hydrogens (tertiary/aromatic N) is 10. The van der Waals surface area contributed by atoms with Crippen LogP contribution < -0.4 is 20.3 Å². The highest BCUT2D eigenvalue weighted by Gasteiger charge is 2.53. The highest BCUT2D eigenvalue weighted by Crippen LogP contribution is 2.53. The van der Waals surface area contributed by atoms with Gasteiger partial charge in [0.2, 0.25) is 0 Å². The fourth-order valence-corrected chi connectivity index (χ4v) is 10.2. The van der Waals surface area contributed by atoms with Crippen molar-refractivity contribution in [3.05, 3.63) is 38.0 Å². The number of thiophene rings is 1. The molecule has 2 atom stereocenters. The summed E-state index contributed by atoms with van der Waals surface area (Å²) in [5.41, 5.74) is 9.50. The van der Waals surface area contributed by atoms with Crippen molar-refractivity contribution < 1.29 is 14.0 Å². The van der Waals surface area contributed by atoms with Crippen molar-refractivity contribution in [2.45, 2.75) is 75.7 Å². The molecule has 0 aromatic carbocycles. The molecule has 0 saturated carbocycles. The van der Waals surface area contributed by atoms with E-state index in [2.05, 4.69) is 27.1 Å². The number of halogens is 2. The molecular weight excluding hydrogens is 669 g/mol. The Balaban J connectivity index is 1.16. The summed E-state index contributed by atoms with van der Waals surface area (Å²) in [4.78, 5) is 22.2. The Morgan fingerprint density at radius 3 is 2.65 bits per heavy atom. The summed E-state index contributed by atoms with van der Waals surface area (Å²) in [7, 11) is 1.48. The predicted molar refractivity (Wildman–Crippen MR) is 183 cm³/mol. The Hall–Kier alpha value is -4.18. The maximum atomic E-state index is 14.6. The largest absolute Gasteiger partial charge is 0.461 e. The molecule has 49 heavy (non-hydrogen) atoms. The van der Waals surface area contributed by atoms with Gasteiger partial charge in [0.05, 0.1) is 28.4 Å². The minimum Gasteiger partial charge on any atom is -0.461 e.